The summed E-state index contributed by atoms with van der Waals surface area (Å²) in [5, 5.41) is 20.9. The van der Waals surface area contributed by atoms with Gasteiger partial charge in [-0.3, -0.25) is 0 Å². The molecule has 0 radical (unpaired) electrons. The van der Waals surface area contributed by atoms with Crippen LogP contribution in [0.4, 0.5) is 0 Å². The van der Waals surface area contributed by atoms with Gasteiger partial charge < -0.3 is 9.84 Å². The molecule has 3 nitrogen and oxygen atoms in total. The van der Waals surface area contributed by atoms with Crippen LogP contribution in [0.2, 0.25) is 0 Å². The molecule has 2 rings (SSSR count). The van der Waals surface area contributed by atoms with Crippen LogP contribution in [0.15, 0.2) is 0 Å². The van der Waals surface area contributed by atoms with Crippen LogP contribution >= 0.6 is 0 Å². The van der Waals surface area contributed by atoms with Gasteiger partial charge in [0.25, 0.3) is 0 Å². The number of rotatable bonds is 2. The van der Waals surface area contributed by atoms with Gasteiger partial charge in [-0.15, -0.1) is 0 Å². The van der Waals surface area contributed by atoms with E-state index in [1.54, 1.807) is 0 Å². The summed E-state index contributed by atoms with van der Waals surface area (Å²) < 4.78 is 5.44. The van der Waals surface area contributed by atoms with E-state index in [-0.39, 0.29) is 5.92 Å². The van der Waals surface area contributed by atoms with E-state index >= 15 is 0 Å². The minimum Gasteiger partial charge on any atom is -0.388 e. The molecule has 3 heteroatoms. The molecule has 1 aliphatic heterocycles. The molecule has 1 aliphatic carbocycles. The van der Waals surface area contributed by atoms with Crippen LogP contribution < -0.4 is 0 Å². The predicted octanol–water partition coefficient (Wildman–Crippen LogP) is 2.88. The average molecular weight is 251 g/mol. The minimum atomic E-state index is -0.853. The molecule has 1 heterocycles. The largest absolute Gasteiger partial charge is 0.388 e. The lowest BCUT2D eigenvalue weighted by Gasteiger charge is -2.51. The lowest BCUT2D eigenvalue weighted by Crippen LogP contribution is -2.57. The van der Waals surface area contributed by atoms with Crippen molar-refractivity contribution in [2.45, 2.75) is 58.0 Å². The van der Waals surface area contributed by atoms with Gasteiger partial charge in [0.2, 0.25) is 0 Å². The molecule has 102 valence electrons. The summed E-state index contributed by atoms with van der Waals surface area (Å²) in [5.41, 5.74) is -1.40. The summed E-state index contributed by atoms with van der Waals surface area (Å²) in [4.78, 5) is 0. The van der Waals surface area contributed by atoms with Crippen LogP contribution in [0, 0.1) is 28.6 Å². The Morgan fingerprint density at radius 1 is 1.44 bits per heavy atom. The van der Waals surface area contributed by atoms with E-state index in [2.05, 4.69) is 13.0 Å². The van der Waals surface area contributed by atoms with Crippen molar-refractivity contribution in [3.05, 3.63) is 0 Å². The van der Waals surface area contributed by atoms with Crippen molar-refractivity contribution >= 4 is 0 Å². The highest BCUT2D eigenvalue weighted by atomic mass is 16.5. The summed E-state index contributed by atoms with van der Waals surface area (Å²) >= 11 is 0. The molecular weight excluding hydrogens is 226 g/mol. The van der Waals surface area contributed by atoms with Crippen molar-refractivity contribution < 1.29 is 9.84 Å². The van der Waals surface area contributed by atoms with Crippen molar-refractivity contribution in [3.63, 3.8) is 0 Å². The van der Waals surface area contributed by atoms with E-state index in [1.165, 1.54) is 6.42 Å². The smallest absolute Gasteiger partial charge is 0.0902 e. The fraction of sp³-hybridized carbons (Fsp3) is 0.933. The molecule has 2 aliphatic rings. The second-order valence-corrected chi connectivity index (χ2v) is 6.21. The Hall–Kier alpha value is -0.590. The van der Waals surface area contributed by atoms with Crippen LogP contribution in [-0.4, -0.2) is 23.9 Å². The quantitative estimate of drug-likeness (QED) is 0.821. The topological polar surface area (TPSA) is 53.2 Å². The lowest BCUT2D eigenvalue weighted by atomic mass is 9.56. The Bertz CT molecular complexity index is 338. The normalized spacial score (nSPS) is 45.4. The standard InChI is InChI=1S/C15H25NO2/c1-3-13-5-4-6-14(9-13,11-16)15(17)7-8-18-10-12(15)2/h12-13,17H,3-10H2,1-2H3. The summed E-state index contributed by atoms with van der Waals surface area (Å²) in [6.07, 6.45) is 5.72. The Labute approximate surface area is 110 Å². The Morgan fingerprint density at radius 2 is 2.22 bits per heavy atom. The first-order chi connectivity index (χ1) is 8.58. The van der Waals surface area contributed by atoms with E-state index in [0.29, 0.717) is 25.6 Å². The van der Waals surface area contributed by atoms with Gasteiger partial charge in [0, 0.05) is 18.9 Å². The minimum absolute atomic E-state index is 0.0570. The molecule has 0 amide bonds. The number of nitrogens with zero attached hydrogens (tertiary/aromatic N) is 1. The second kappa shape index (κ2) is 5.19. The molecule has 1 N–H and O–H groups in total. The SMILES string of the molecule is CCC1CCCC(C#N)(C2(O)CCOCC2C)C1. The zero-order chi connectivity index (χ0) is 13.2. The number of hydrogen-bond acceptors (Lipinski definition) is 3. The molecule has 0 aromatic rings. The van der Waals surface area contributed by atoms with Gasteiger partial charge in [-0.25, -0.2) is 0 Å². The molecule has 0 spiro atoms. The van der Waals surface area contributed by atoms with Crippen molar-refractivity contribution in [3.8, 4) is 6.07 Å². The summed E-state index contributed by atoms with van der Waals surface area (Å²) in [7, 11) is 0. The van der Waals surface area contributed by atoms with E-state index in [1.807, 2.05) is 6.92 Å². The molecule has 18 heavy (non-hydrogen) atoms. The number of hydrogen-bond donors (Lipinski definition) is 1. The van der Waals surface area contributed by atoms with E-state index in [4.69, 9.17) is 4.74 Å². The molecule has 0 bridgehead atoms. The third-order valence-corrected chi connectivity index (χ3v) is 5.28. The number of aliphatic hydroxyl groups is 1. The highest BCUT2D eigenvalue weighted by molar-refractivity contribution is 5.15. The van der Waals surface area contributed by atoms with E-state index in [0.717, 1.165) is 25.7 Å². The van der Waals surface area contributed by atoms with E-state index in [9.17, 15) is 10.4 Å². The molecule has 4 atom stereocenters. The van der Waals surface area contributed by atoms with Crippen molar-refractivity contribution in [2.24, 2.45) is 17.3 Å². The van der Waals surface area contributed by atoms with Gasteiger partial charge in [0.05, 0.1) is 23.7 Å². The summed E-state index contributed by atoms with van der Waals surface area (Å²) in [6.45, 7) is 5.38. The van der Waals surface area contributed by atoms with Gasteiger partial charge >= 0.3 is 0 Å². The average Bonchev–Trinajstić information content (AvgIpc) is 2.42. The van der Waals surface area contributed by atoms with Gasteiger partial charge in [0.15, 0.2) is 0 Å². The molecule has 4 unspecified atom stereocenters. The zero-order valence-electron chi connectivity index (χ0n) is 11.6. The van der Waals surface area contributed by atoms with Crippen molar-refractivity contribution in [2.75, 3.05) is 13.2 Å². The molecule has 2 fully saturated rings. The van der Waals surface area contributed by atoms with Gasteiger partial charge in [-0.1, -0.05) is 33.1 Å². The Kier molecular flexibility index (Phi) is 3.99. The van der Waals surface area contributed by atoms with Crippen molar-refractivity contribution in [1.29, 1.82) is 5.26 Å². The molecular formula is C15H25NO2. The van der Waals surface area contributed by atoms with Crippen LogP contribution in [0.25, 0.3) is 0 Å². The maximum Gasteiger partial charge on any atom is 0.0902 e. The highest BCUT2D eigenvalue weighted by Gasteiger charge is 2.56. The molecule has 1 saturated heterocycles. The van der Waals surface area contributed by atoms with E-state index < -0.39 is 11.0 Å². The predicted molar refractivity (Wildman–Crippen MR) is 69.8 cm³/mol. The zero-order valence-corrected chi connectivity index (χ0v) is 11.6. The first kappa shape index (κ1) is 13.8. The fourth-order valence-electron chi connectivity index (χ4n) is 3.91. The Morgan fingerprint density at radius 3 is 2.83 bits per heavy atom. The van der Waals surface area contributed by atoms with Crippen LogP contribution in [0.5, 0.6) is 0 Å². The van der Waals surface area contributed by atoms with Gasteiger partial charge in [-0.2, -0.15) is 5.26 Å². The van der Waals surface area contributed by atoms with Crippen LogP contribution in [-0.2, 0) is 4.74 Å². The third kappa shape index (κ3) is 2.06. The van der Waals surface area contributed by atoms with Crippen LogP contribution in [0.1, 0.15) is 52.4 Å². The van der Waals surface area contributed by atoms with Crippen LogP contribution in [0.3, 0.4) is 0 Å². The summed E-state index contributed by atoms with van der Waals surface area (Å²) in [6, 6.07) is 2.52. The fourth-order valence-corrected chi connectivity index (χ4v) is 3.91. The second-order valence-electron chi connectivity index (χ2n) is 6.21. The monoisotopic (exact) mass is 251 g/mol. The lowest BCUT2D eigenvalue weighted by molar-refractivity contribution is -0.174. The Balaban J connectivity index is 2.28. The number of ether oxygens (including phenoxy) is 1. The molecule has 0 aromatic heterocycles. The maximum absolute atomic E-state index is 11.1. The maximum atomic E-state index is 11.1. The summed E-state index contributed by atoms with van der Waals surface area (Å²) in [5.74, 6) is 0.652. The highest BCUT2D eigenvalue weighted by Crippen LogP contribution is 2.52. The first-order valence-electron chi connectivity index (χ1n) is 7.29. The van der Waals surface area contributed by atoms with Crippen molar-refractivity contribution in [1.82, 2.24) is 0 Å². The molecule has 0 aromatic carbocycles. The number of nitriles is 1. The molecule has 1 saturated carbocycles. The third-order valence-electron chi connectivity index (χ3n) is 5.28. The first-order valence-corrected chi connectivity index (χ1v) is 7.29. The van der Waals surface area contributed by atoms with Gasteiger partial charge in [-0.05, 0) is 18.8 Å². The van der Waals surface area contributed by atoms with Gasteiger partial charge in [0.1, 0.15) is 0 Å².